The largest absolute Gasteiger partial charge is 0.467 e. The molecular formula is C43H75N5O10. The molecule has 0 spiro atoms. The van der Waals surface area contributed by atoms with Crippen LogP contribution in [0, 0.1) is 35.5 Å². The molecule has 0 radical (unpaired) electrons. The van der Waals surface area contributed by atoms with Crippen molar-refractivity contribution < 1.29 is 47.8 Å². The van der Waals surface area contributed by atoms with E-state index >= 15 is 0 Å². The maximum Gasteiger partial charge on any atom is 0.328 e. The van der Waals surface area contributed by atoms with Gasteiger partial charge in [0, 0.05) is 39.8 Å². The zero-order chi connectivity index (χ0) is 45.2. The fourth-order valence-corrected chi connectivity index (χ4v) is 7.21. The third kappa shape index (κ3) is 17.4. The van der Waals surface area contributed by atoms with E-state index in [1.54, 1.807) is 27.7 Å². The number of likely N-dealkylation sites (N-methyl/N-ethyl adjacent to an activating group) is 2. The Morgan fingerprint density at radius 1 is 0.759 bits per heavy atom. The van der Waals surface area contributed by atoms with Gasteiger partial charge >= 0.3 is 11.9 Å². The lowest BCUT2D eigenvalue weighted by Crippen LogP contribution is -2.54. The number of nitrogens with one attached hydrogen (secondary N) is 2. The van der Waals surface area contributed by atoms with Gasteiger partial charge < -0.3 is 35.6 Å². The molecule has 58 heavy (non-hydrogen) atoms. The highest BCUT2D eigenvalue weighted by molar-refractivity contribution is 5.97. The third-order valence-corrected chi connectivity index (χ3v) is 10.3. The number of allylic oxidation sites excluding steroid dienone is 2. The number of rotatable bonds is 26. The highest BCUT2D eigenvalue weighted by atomic mass is 16.5. The minimum Gasteiger partial charge on any atom is -0.467 e. The van der Waals surface area contributed by atoms with E-state index in [2.05, 4.69) is 10.6 Å². The van der Waals surface area contributed by atoms with Crippen molar-refractivity contribution in [3.05, 3.63) is 12.2 Å². The third-order valence-electron chi connectivity index (χ3n) is 10.3. The minimum absolute atomic E-state index is 0.00455. The SMILES string of the molecule is C/C=C/C[C@@H](C)[C@@H](OC(C)=O)[C@H](CC(=O)[C@H](C(C)C)N(C)C(=O)[C@@H](CC(=O)[C@H](CC(C)C)N(C)C(=O)[C@@H](C)NC(=O)[C@H](C)N)CC(C)C)C(=O)N[C@@H](CC)C(=O)OC. The Kier molecular flexibility index (Phi) is 24.2. The van der Waals surface area contributed by atoms with Gasteiger partial charge in [-0.25, -0.2) is 4.79 Å². The summed E-state index contributed by atoms with van der Waals surface area (Å²) >= 11 is 0. The quantitative estimate of drug-likeness (QED) is 0.0839. The van der Waals surface area contributed by atoms with E-state index in [0.29, 0.717) is 19.3 Å². The lowest BCUT2D eigenvalue weighted by molar-refractivity contribution is -0.158. The maximum absolute atomic E-state index is 14.5. The van der Waals surface area contributed by atoms with Gasteiger partial charge in [0.05, 0.1) is 31.2 Å². The van der Waals surface area contributed by atoms with Gasteiger partial charge in [0.2, 0.25) is 23.6 Å². The monoisotopic (exact) mass is 822 g/mol. The first-order valence-electron chi connectivity index (χ1n) is 20.7. The van der Waals surface area contributed by atoms with Crippen LogP contribution in [-0.2, 0) is 47.8 Å². The van der Waals surface area contributed by atoms with Gasteiger partial charge in [0.15, 0.2) is 11.6 Å². The van der Waals surface area contributed by atoms with Crippen LogP contribution in [0.2, 0.25) is 0 Å². The Bertz CT molecular complexity index is 1430. The Morgan fingerprint density at radius 2 is 1.33 bits per heavy atom. The van der Waals surface area contributed by atoms with E-state index in [0.717, 1.165) is 0 Å². The van der Waals surface area contributed by atoms with E-state index in [4.69, 9.17) is 15.2 Å². The van der Waals surface area contributed by atoms with Crippen LogP contribution >= 0.6 is 0 Å². The average Bonchev–Trinajstić information content (AvgIpc) is 3.13. The standard InChI is InChI=1S/C43H75N5O10/c1-16-18-19-27(9)38(58-30(12)49)32(40(53)46-33(17-2)43(56)57-15)23-36(51)37(26(7)8)48(14)42(55)31(20-24(3)4)22-35(50)34(21-25(5)6)47(13)41(54)29(11)45-39(52)28(10)44/h16,18,24-29,31-34,37-38H,17,19-23,44H2,1-15H3,(H,45,52)(H,46,53)/b18-16+/t27-,28+,29-,31-,32+,33+,34+,37+,38-/m1/s1. The van der Waals surface area contributed by atoms with Crippen LogP contribution in [0.15, 0.2) is 12.2 Å². The molecule has 0 heterocycles. The van der Waals surface area contributed by atoms with E-state index < -0.39 is 108 Å². The molecule has 332 valence electrons. The van der Waals surface area contributed by atoms with Gasteiger partial charge in [0.25, 0.3) is 0 Å². The van der Waals surface area contributed by atoms with Gasteiger partial charge in [-0.3, -0.25) is 33.6 Å². The van der Waals surface area contributed by atoms with Gasteiger partial charge in [-0.15, -0.1) is 0 Å². The Hall–Kier alpha value is -4.14. The van der Waals surface area contributed by atoms with E-state index in [1.165, 1.54) is 51.8 Å². The van der Waals surface area contributed by atoms with Crippen molar-refractivity contribution in [3.8, 4) is 0 Å². The molecule has 0 aliphatic rings. The molecule has 15 heteroatoms. The van der Waals surface area contributed by atoms with Crippen molar-refractivity contribution in [3.63, 3.8) is 0 Å². The summed E-state index contributed by atoms with van der Waals surface area (Å²) in [6.45, 7) is 20.8. The second kappa shape index (κ2) is 26.1. The normalized spacial score (nSPS) is 16.3. The van der Waals surface area contributed by atoms with Crippen LogP contribution in [0.4, 0.5) is 0 Å². The molecule has 0 aromatic heterocycles. The number of esters is 2. The van der Waals surface area contributed by atoms with Crippen LogP contribution < -0.4 is 16.4 Å². The summed E-state index contributed by atoms with van der Waals surface area (Å²) in [7, 11) is 4.21. The van der Waals surface area contributed by atoms with Crippen LogP contribution in [0.3, 0.4) is 0 Å². The zero-order valence-electron chi connectivity index (χ0n) is 37.9. The van der Waals surface area contributed by atoms with Crippen LogP contribution in [0.25, 0.3) is 0 Å². The molecule has 0 rings (SSSR count). The van der Waals surface area contributed by atoms with Gasteiger partial charge in [-0.2, -0.15) is 0 Å². The molecule has 9 atom stereocenters. The Morgan fingerprint density at radius 3 is 1.78 bits per heavy atom. The van der Waals surface area contributed by atoms with Gasteiger partial charge in [0.1, 0.15) is 18.2 Å². The number of ketones is 2. The molecule has 4 N–H and O–H groups in total. The van der Waals surface area contributed by atoms with Crippen LogP contribution in [0.5, 0.6) is 0 Å². The first kappa shape index (κ1) is 53.9. The average molecular weight is 822 g/mol. The molecule has 0 bridgehead atoms. The number of amides is 4. The summed E-state index contributed by atoms with van der Waals surface area (Å²) in [6, 6.07) is -4.72. The van der Waals surface area contributed by atoms with E-state index in [-0.39, 0.29) is 30.5 Å². The molecule has 0 fully saturated rings. The molecule has 0 saturated carbocycles. The van der Waals surface area contributed by atoms with Crippen molar-refractivity contribution >= 4 is 47.1 Å². The smallest absolute Gasteiger partial charge is 0.328 e. The topological polar surface area (TPSA) is 212 Å². The minimum atomic E-state index is -1.22. The summed E-state index contributed by atoms with van der Waals surface area (Å²) in [5.74, 6) is -7.15. The number of carbonyl (C=O) groups excluding carboxylic acids is 8. The Labute approximate surface area is 347 Å². The highest BCUT2D eigenvalue weighted by Crippen LogP contribution is 2.29. The summed E-state index contributed by atoms with van der Waals surface area (Å²) in [5, 5.41) is 5.26. The summed E-state index contributed by atoms with van der Waals surface area (Å²) in [6.07, 6.45) is 3.27. The molecule has 0 aliphatic heterocycles. The fourth-order valence-electron chi connectivity index (χ4n) is 7.21. The number of nitrogens with two attached hydrogens (primary N) is 1. The highest BCUT2D eigenvalue weighted by Gasteiger charge is 2.42. The summed E-state index contributed by atoms with van der Waals surface area (Å²) in [4.78, 5) is 110. The molecule has 0 aromatic rings. The van der Waals surface area contributed by atoms with E-state index in [1.807, 2.05) is 46.8 Å². The van der Waals surface area contributed by atoms with Crippen LogP contribution in [0.1, 0.15) is 122 Å². The predicted octanol–water partition coefficient (Wildman–Crippen LogP) is 3.99. The zero-order valence-corrected chi connectivity index (χ0v) is 37.9. The number of hydrogen-bond donors (Lipinski definition) is 3. The summed E-state index contributed by atoms with van der Waals surface area (Å²) < 4.78 is 10.6. The summed E-state index contributed by atoms with van der Waals surface area (Å²) in [5.41, 5.74) is 5.67. The number of hydrogen-bond acceptors (Lipinski definition) is 11. The molecule has 15 nitrogen and oxygen atoms in total. The Balaban J connectivity index is 6.90. The molecule has 0 unspecified atom stereocenters. The van der Waals surface area contributed by atoms with Crippen molar-refractivity contribution in [1.82, 2.24) is 20.4 Å². The first-order chi connectivity index (χ1) is 26.9. The molecule has 0 aliphatic carbocycles. The number of ether oxygens (including phenoxy) is 2. The first-order valence-corrected chi connectivity index (χ1v) is 20.7. The number of carbonyl (C=O) groups is 8. The predicted molar refractivity (Wildman–Crippen MR) is 223 cm³/mol. The number of methoxy groups -OCH3 is 1. The second-order valence-electron chi connectivity index (χ2n) is 16.9. The number of nitrogens with zero attached hydrogens (tertiary/aromatic N) is 2. The molecular weight excluding hydrogens is 746 g/mol. The molecule has 0 saturated heterocycles. The van der Waals surface area contributed by atoms with Crippen molar-refractivity contribution in [1.29, 1.82) is 0 Å². The van der Waals surface area contributed by atoms with E-state index in [9.17, 15) is 38.4 Å². The van der Waals surface area contributed by atoms with Crippen molar-refractivity contribution in [2.45, 2.75) is 158 Å². The van der Waals surface area contributed by atoms with Crippen molar-refractivity contribution in [2.24, 2.45) is 41.2 Å². The second-order valence-corrected chi connectivity index (χ2v) is 16.9. The number of Topliss-reactive ketones (excluding diaryl/α,β-unsaturated/α-hetero) is 2. The van der Waals surface area contributed by atoms with Crippen LogP contribution in [-0.4, -0.2) is 114 Å². The molecule has 0 aromatic carbocycles. The maximum atomic E-state index is 14.5. The van der Waals surface area contributed by atoms with Crippen molar-refractivity contribution in [2.75, 3.05) is 21.2 Å². The molecule has 4 amide bonds. The lowest BCUT2D eigenvalue weighted by atomic mass is 9.82. The lowest BCUT2D eigenvalue weighted by Gasteiger charge is -2.36. The van der Waals surface area contributed by atoms with Gasteiger partial charge in [-0.1, -0.05) is 67.5 Å². The fraction of sp³-hybridized carbons (Fsp3) is 0.767. The van der Waals surface area contributed by atoms with Gasteiger partial charge in [-0.05, 0) is 70.1 Å².